The Kier molecular flexibility index (Phi) is 32.9. The van der Waals surface area contributed by atoms with Crippen LogP contribution in [-0.4, -0.2) is 87.5 Å². The van der Waals surface area contributed by atoms with Crippen LogP contribution >= 0.6 is 0 Å². The number of allylic oxidation sites excluding steroid dienone is 3. The zero-order chi connectivity index (χ0) is 38.8. The first-order valence-corrected chi connectivity index (χ1v) is 22.1. The molecule has 1 saturated heterocycles. The predicted octanol–water partition coefficient (Wildman–Crippen LogP) is 8.72. The second-order valence-electron chi connectivity index (χ2n) is 15.5. The minimum Gasteiger partial charge on any atom is -0.394 e. The standard InChI is InChI=1S/C44H83NO8/c1-3-5-7-8-9-10-11-12-13-14-15-16-17-18-19-20-21-22-23-24-25-26-27-28-29-30-31-32-33-38(47)37(45-40(48)34-6-4-2)36-52-44-43(51)42(50)41(49)39(35-46)53-44/h28-29,32-33,37-39,41-44,46-47,49-51H,3-27,30-31,34-36H2,1-2H3,(H,45,48)/b29-28+,33-32+. The maximum atomic E-state index is 12.4. The highest BCUT2D eigenvalue weighted by atomic mass is 16.7. The van der Waals surface area contributed by atoms with E-state index in [1.807, 2.05) is 13.0 Å². The van der Waals surface area contributed by atoms with Crippen molar-refractivity contribution in [2.45, 2.75) is 236 Å². The van der Waals surface area contributed by atoms with Crippen LogP contribution in [0.25, 0.3) is 0 Å². The van der Waals surface area contributed by atoms with Gasteiger partial charge in [-0.3, -0.25) is 4.79 Å². The molecule has 0 saturated carbocycles. The molecule has 1 heterocycles. The first-order valence-electron chi connectivity index (χ1n) is 22.1. The van der Waals surface area contributed by atoms with Crippen molar-refractivity contribution < 1.29 is 39.8 Å². The molecule has 312 valence electrons. The Bertz CT molecular complexity index is 883. The number of carbonyl (C=O) groups excluding carboxylic acids is 1. The molecule has 9 heteroatoms. The zero-order valence-electron chi connectivity index (χ0n) is 34.0. The van der Waals surface area contributed by atoms with Crippen molar-refractivity contribution >= 4 is 5.91 Å². The topological polar surface area (TPSA) is 149 Å². The fourth-order valence-electron chi connectivity index (χ4n) is 6.91. The Morgan fingerprint density at radius 2 is 1.08 bits per heavy atom. The van der Waals surface area contributed by atoms with Crippen molar-refractivity contribution in [3.05, 3.63) is 24.3 Å². The van der Waals surface area contributed by atoms with Crippen LogP contribution in [0.15, 0.2) is 24.3 Å². The molecular weight excluding hydrogens is 670 g/mol. The summed E-state index contributed by atoms with van der Waals surface area (Å²) in [6, 6.07) is -0.813. The number of unbranched alkanes of at least 4 members (excludes halogenated alkanes) is 24. The van der Waals surface area contributed by atoms with E-state index in [2.05, 4.69) is 24.4 Å². The molecule has 1 amide bonds. The fraction of sp³-hybridized carbons (Fsp3) is 0.886. The van der Waals surface area contributed by atoms with Crippen LogP contribution in [0.1, 0.15) is 194 Å². The van der Waals surface area contributed by atoms with Crippen LogP contribution in [-0.2, 0) is 14.3 Å². The Morgan fingerprint density at radius 3 is 1.57 bits per heavy atom. The van der Waals surface area contributed by atoms with E-state index in [1.54, 1.807) is 6.08 Å². The van der Waals surface area contributed by atoms with Gasteiger partial charge in [0.05, 0.1) is 25.4 Å². The van der Waals surface area contributed by atoms with Gasteiger partial charge in [-0.25, -0.2) is 0 Å². The molecule has 7 atom stereocenters. The van der Waals surface area contributed by atoms with Crippen LogP contribution in [0.5, 0.6) is 0 Å². The largest absolute Gasteiger partial charge is 0.394 e. The molecular formula is C44H83NO8. The van der Waals surface area contributed by atoms with Crippen molar-refractivity contribution in [3.8, 4) is 0 Å². The number of carbonyl (C=O) groups is 1. The molecule has 7 unspecified atom stereocenters. The van der Waals surface area contributed by atoms with Crippen molar-refractivity contribution in [2.75, 3.05) is 13.2 Å². The molecule has 0 radical (unpaired) electrons. The molecule has 0 spiro atoms. The van der Waals surface area contributed by atoms with E-state index in [0.29, 0.717) is 12.8 Å². The number of aliphatic hydroxyl groups is 5. The highest BCUT2D eigenvalue weighted by Crippen LogP contribution is 2.22. The van der Waals surface area contributed by atoms with Crippen LogP contribution < -0.4 is 5.32 Å². The molecule has 0 bridgehead atoms. The smallest absolute Gasteiger partial charge is 0.220 e. The number of hydrogen-bond acceptors (Lipinski definition) is 8. The molecule has 1 rings (SSSR count). The Labute approximate surface area is 324 Å². The summed E-state index contributed by atoms with van der Waals surface area (Å²) in [5.74, 6) is -0.222. The third-order valence-electron chi connectivity index (χ3n) is 10.5. The summed E-state index contributed by atoms with van der Waals surface area (Å²) in [6.07, 6.45) is 35.2. The average Bonchev–Trinajstić information content (AvgIpc) is 3.16. The number of hydrogen-bond donors (Lipinski definition) is 6. The normalized spacial score (nSPS) is 21.8. The SMILES string of the molecule is CCCCCCCCCCCCCCCCCCCCCCCC/C=C/CC/C=C/C(O)C(COC1OC(CO)C(O)C(O)C1O)NC(=O)CCCC. The summed E-state index contributed by atoms with van der Waals surface area (Å²) in [6.45, 7) is 3.51. The summed E-state index contributed by atoms with van der Waals surface area (Å²) in [5.41, 5.74) is 0. The van der Waals surface area contributed by atoms with Gasteiger partial charge in [0.25, 0.3) is 0 Å². The van der Waals surface area contributed by atoms with Crippen molar-refractivity contribution in [1.29, 1.82) is 0 Å². The second kappa shape index (κ2) is 35.1. The van der Waals surface area contributed by atoms with Gasteiger partial charge in [0.2, 0.25) is 5.91 Å². The van der Waals surface area contributed by atoms with E-state index < -0.39 is 49.5 Å². The van der Waals surface area contributed by atoms with E-state index in [9.17, 15) is 30.3 Å². The molecule has 53 heavy (non-hydrogen) atoms. The highest BCUT2D eigenvalue weighted by Gasteiger charge is 2.44. The summed E-state index contributed by atoms with van der Waals surface area (Å²) in [4.78, 5) is 12.4. The minimum absolute atomic E-state index is 0.203. The Balaban J connectivity index is 2.08. The monoisotopic (exact) mass is 754 g/mol. The lowest BCUT2D eigenvalue weighted by molar-refractivity contribution is -0.302. The number of ether oxygens (including phenoxy) is 2. The third-order valence-corrected chi connectivity index (χ3v) is 10.5. The van der Waals surface area contributed by atoms with Crippen LogP contribution in [0.2, 0.25) is 0 Å². The van der Waals surface area contributed by atoms with E-state index in [-0.39, 0.29) is 12.5 Å². The lowest BCUT2D eigenvalue weighted by Crippen LogP contribution is -2.60. The van der Waals surface area contributed by atoms with E-state index in [0.717, 1.165) is 25.7 Å². The minimum atomic E-state index is -1.57. The van der Waals surface area contributed by atoms with Crippen molar-refractivity contribution in [2.24, 2.45) is 0 Å². The first kappa shape index (κ1) is 49.7. The molecule has 0 aromatic carbocycles. The summed E-state index contributed by atoms with van der Waals surface area (Å²) < 4.78 is 11.0. The van der Waals surface area contributed by atoms with Gasteiger partial charge in [-0.05, 0) is 32.1 Å². The third kappa shape index (κ3) is 26.2. The van der Waals surface area contributed by atoms with Gasteiger partial charge >= 0.3 is 0 Å². The quantitative estimate of drug-likeness (QED) is 0.0275. The Hall–Kier alpha value is -1.33. The first-order chi connectivity index (χ1) is 25.8. The Morgan fingerprint density at radius 1 is 0.623 bits per heavy atom. The fourth-order valence-corrected chi connectivity index (χ4v) is 6.91. The highest BCUT2D eigenvalue weighted by molar-refractivity contribution is 5.76. The maximum Gasteiger partial charge on any atom is 0.220 e. The summed E-state index contributed by atoms with van der Waals surface area (Å²) >= 11 is 0. The maximum absolute atomic E-state index is 12.4. The molecule has 0 aromatic heterocycles. The lowest BCUT2D eigenvalue weighted by atomic mass is 9.99. The van der Waals surface area contributed by atoms with Crippen LogP contribution in [0, 0.1) is 0 Å². The molecule has 0 aliphatic carbocycles. The van der Waals surface area contributed by atoms with Gasteiger partial charge < -0.3 is 40.3 Å². The predicted molar refractivity (Wildman–Crippen MR) is 217 cm³/mol. The molecule has 9 nitrogen and oxygen atoms in total. The number of nitrogens with one attached hydrogen (secondary N) is 1. The summed E-state index contributed by atoms with van der Waals surface area (Å²) in [7, 11) is 0. The molecule has 1 aliphatic heterocycles. The van der Waals surface area contributed by atoms with Gasteiger partial charge in [-0.1, -0.05) is 179 Å². The van der Waals surface area contributed by atoms with Crippen LogP contribution in [0.3, 0.4) is 0 Å². The molecule has 1 aliphatic rings. The second-order valence-corrected chi connectivity index (χ2v) is 15.5. The van der Waals surface area contributed by atoms with E-state index in [4.69, 9.17) is 9.47 Å². The van der Waals surface area contributed by atoms with Gasteiger partial charge in [0.1, 0.15) is 24.4 Å². The number of amides is 1. The van der Waals surface area contributed by atoms with Crippen molar-refractivity contribution in [3.63, 3.8) is 0 Å². The van der Waals surface area contributed by atoms with Gasteiger partial charge in [0, 0.05) is 6.42 Å². The number of aliphatic hydroxyl groups excluding tert-OH is 5. The van der Waals surface area contributed by atoms with E-state index >= 15 is 0 Å². The zero-order valence-corrected chi connectivity index (χ0v) is 34.0. The summed E-state index contributed by atoms with van der Waals surface area (Å²) in [5, 5.41) is 53.4. The van der Waals surface area contributed by atoms with Crippen LogP contribution in [0.4, 0.5) is 0 Å². The van der Waals surface area contributed by atoms with Crippen molar-refractivity contribution in [1.82, 2.24) is 5.32 Å². The lowest BCUT2D eigenvalue weighted by Gasteiger charge is -2.40. The van der Waals surface area contributed by atoms with Gasteiger partial charge in [-0.15, -0.1) is 0 Å². The molecule has 0 aromatic rings. The molecule has 1 fully saturated rings. The average molecular weight is 754 g/mol. The van der Waals surface area contributed by atoms with Gasteiger partial charge in [0.15, 0.2) is 6.29 Å². The number of rotatable bonds is 36. The molecule has 6 N–H and O–H groups in total. The van der Waals surface area contributed by atoms with Gasteiger partial charge in [-0.2, -0.15) is 0 Å². The van der Waals surface area contributed by atoms with E-state index in [1.165, 1.54) is 141 Å².